The summed E-state index contributed by atoms with van der Waals surface area (Å²) in [6.07, 6.45) is 2.27. The second-order valence-corrected chi connectivity index (χ2v) is 5.41. The number of amides is 1. The van der Waals surface area contributed by atoms with Crippen molar-refractivity contribution in [3.8, 4) is 0 Å². The molecule has 0 spiro atoms. The highest BCUT2D eigenvalue weighted by atomic mass is 16.4. The van der Waals surface area contributed by atoms with Crippen molar-refractivity contribution < 1.29 is 14.7 Å². The Morgan fingerprint density at radius 1 is 1.22 bits per heavy atom. The Morgan fingerprint density at radius 2 is 2.00 bits per heavy atom. The average molecular weight is 311 g/mol. The molecule has 0 saturated carbocycles. The summed E-state index contributed by atoms with van der Waals surface area (Å²) in [5.74, 6) is -1.10. The van der Waals surface area contributed by atoms with Gasteiger partial charge in [0, 0.05) is 30.4 Å². The predicted molar refractivity (Wildman–Crippen MR) is 83.5 cm³/mol. The Labute approximate surface area is 133 Å². The lowest BCUT2D eigenvalue weighted by Gasteiger charge is -2.36. The molecule has 118 valence electrons. The zero-order valence-corrected chi connectivity index (χ0v) is 12.5. The van der Waals surface area contributed by atoms with E-state index < -0.39 is 5.97 Å². The van der Waals surface area contributed by atoms with Gasteiger partial charge in [0.25, 0.3) is 5.91 Å². The number of hydrogen-bond acceptors (Lipinski definition) is 4. The SMILES string of the molecule is O=C(O)CC1c2ccccc2C(=O)NN1CCc1ccccn1. The van der Waals surface area contributed by atoms with Gasteiger partial charge in [-0.15, -0.1) is 0 Å². The van der Waals surface area contributed by atoms with E-state index in [0.29, 0.717) is 18.5 Å². The first-order valence-electron chi connectivity index (χ1n) is 7.43. The minimum Gasteiger partial charge on any atom is -0.481 e. The molecule has 1 amide bonds. The number of carbonyl (C=O) groups is 2. The lowest BCUT2D eigenvalue weighted by Crippen LogP contribution is -2.50. The van der Waals surface area contributed by atoms with Crippen LogP contribution in [0.1, 0.15) is 34.1 Å². The maximum absolute atomic E-state index is 12.2. The van der Waals surface area contributed by atoms with E-state index >= 15 is 0 Å². The van der Waals surface area contributed by atoms with E-state index in [1.165, 1.54) is 0 Å². The molecule has 0 radical (unpaired) electrons. The van der Waals surface area contributed by atoms with Gasteiger partial charge in [-0.05, 0) is 23.8 Å². The van der Waals surface area contributed by atoms with E-state index in [9.17, 15) is 14.7 Å². The summed E-state index contributed by atoms with van der Waals surface area (Å²) >= 11 is 0. The standard InChI is InChI=1S/C17H17N3O3/c21-16(22)11-15-13-6-1-2-7-14(13)17(23)19-20(15)10-8-12-5-3-4-9-18-12/h1-7,9,15H,8,10-11H2,(H,19,23)(H,21,22). The van der Waals surface area contributed by atoms with Crippen LogP contribution in [0.15, 0.2) is 48.7 Å². The number of carboxylic acids is 1. The molecule has 1 unspecified atom stereocenters. The highest BCUT2D eigenvalue weighted by Crippen LogP contribution is 2.30. The number of rotatable bonds is 5. The topological polar surface area (TPSA) is 82.5 Å². The molecule has 1 atom stereocenters. The normalized spacial score (nSPS) is 17.4. The molecule has 1 aliphatic heterocycles. The lowest BCUT2D eigenvalue weighted by atomic mass is 9.95. The lowest BCUT2D eigenvalue weighted by molar-refractivity contribution is -0.139. The maximum atomic E-state index is 12.2. The molecule has 2 heterocycles. The Bertz CT molecular complexity index is 718. The number of hydrazine groups is 1. The van der Waals surface area contributed by atoms with Crippen LogP contribution in [0.4, 0.5) is 0 Å². The van der Waals surface area contributed by atoms with E-state index in [4.69, 9.17) is 0 Å². The third-order valence-corrected chi connectivity index (χ3v) is 3.89. The van der Waals surface area contributed by atoms with Gasteiger partial charge < -0.3 is 5.11 Å². The van der Waals surface area contributed by atoms with Gasteiger partial charge in [-0.2, -0.15) is 0 Å². The molecule has 2 N–H and O–H groups in total. The van der Waals surface area contributed by atoms with Crippen molar-refractivity contribution in [2.75, 3.05) is 6.54 Å². The molecule has 1 aliphatic rings. The first-order chi connectivity index (χ1) is 11.1. The van der Waals surface area contributed by atoms with Crippen LogP contribution < -0.4 is 5.43 Å². The number of carbonyl (C=O) groups excluding carboxylic acids is 1. The fourth-order valence-corrected chi connectivity index (χ4v) is 2.81. The Morgan fingerprint density at radius 3 is 2.74 bits per heavy atom. The number of aliphatic carboxylic acids is 1. The van der Waals surface area contributed by atoms with Crippen LogP contribution in [0.25, 0.3) is 0 Å². The fraction of sp³-hybridized carbons (Fsp3) is 0.235. The highest BCUT2D eigenvalue weighted by Gasteiger charge is 2.32. The minimum atomic E-state index is -0.899. The second kappa shape index (κ2) is 6.58. The Balaban J connectivity index is 1.83. The fourth-order valence-electron chi connectivity index (χ4n) is 2.81. The quantitative estimate of drug-likeness (QED) is 0.880. The van der Waals surface area contributed by atoms with Gasteiger partial charge >= 0.3 is 5.97 Å². The van der Waals surface area contributed by atoms with Gasteiger partial charge in [0.2, 0.25) is 0 Å². The molecule has 1 aromatic heterocycles. The molecule has 2 aromatic rings. The minimum absolute atomic E-state index is 0.0699. The van der Waals surface area contributed by atoms with Crippen LogP contribution in [0.5, 0.6) is 0 Å². The molecule has 1 aromatic carbocycles. The Kier molecular flexibility index (Phi) is 4.34. The van der Waals surface area contributed by atoms with Crippen LogP contribution in [0.2, 0.25) is 0 Å². The summed E-state index contributed by atoms with van der Waals surface area (Å²) in [5, 5.41) is 10.9. The van der Waals surface area contributed by atoms with Crippen LogP contribution >= 0.6 is 0 Å². The third kappa shape index (κ3) is 3.37. The molecule has 0 bridgehead atoms. The van der Waals surface area contributed by atoms with Crippen molar-refractivity contribution in [1.29, 1.82) is 0 Å². The summed E-state index contributed by atoms with van der Waals surface area (Å²) < 4.78 is 0. The summed E-state index contributed by atoms with van der Waals surface area (Å²) in [6.45, 7) is 0.495. The van der Waals surface area contributed by atoms with Gasteiger partial charge in [-0.25, -0.2) is 5.01 Å². The van der Waals surface area contributed by atoms with Crippen molar-refractivity contribution in [1.82, 2.24) is 15.4 Å². The summed E-state index contributed by atoms with van der Waals surface area (Å²) in [4.78, 5) is 27.7. The summed E-state index contributed by atoms with van der Waals surface area (Å²) in [7, 11) is 0. The average Bonchev–Trinajstić information content (AvgIpc) is 2.56. The molecule has 0 saturated heterocycles. The van der Waals surface area contributed by atoms with Gasteiger partial charge in [0.15, 0.2) is 0 Å². The van der Waals surface area contributed by atoms with Crippen molar-refractivity contribution in [3.05, 3.63) is 65.5 Å². The molecule has 23 heavy (non-hydrogen) atoms. The number of aromatic nitrogens is 1. The first kappa shape index (κ1) is 15.2. The molecule has 0 fully saturated rings. The number of carboxylic acid groups (broad SMARTS) is 1. The van der Waals surface area contributed by atoms with Crippen molar-refractivity contribution >= 4 is 11.9 Å². The maximum Gasteiger partial charge on any atom is 0.305 e. The highest BCUT2D eigenvalue weighted by molar-refractivity contribution is 5.96. The number of benzene rings is 1. The van der Waals surface area contributed by atoms with E-state index in [2.05, 4.69) is 10.4 Å². The summed E-state index contributed by atoms with van der Waals surface area (Å²) in [6, 6.07) is 12.4. The number of pyridine rings is 1. The third-order valence-electron chi connectivity index (χ3n) is 3.89. The van der Waals surface area contributed by atoms with Crippen LogP contribution in [0.3, 0.4) is 0 Å². The van der Waals surface area contributed by atoms with Gasteiger partial charge in [-0.3, -0.25) is 20.0 Å². The molecule has 6 heteroatoms. The van der Waals surface area contributed by atoms with E-state index in [1.807, 2.05) is 30.3 Å². The number of fused-ring (bicyclic) bond motifs is 1. The second-order valence-electron chi connectivity index (χ2n) is 5.41. The zero-order valence-electron chi connectivity index (χ0n) is 12.5. The predicted octanol–water partition coefficient (Wildman–Crippen LogP) is 1.80. The zero-order chi connectivity index (χ0) is 16.2. The van der Waals surface area contributed by atoms with E-state index in [-0.39, 0.29) is 18.4 Å². The van der Waals surface area contributed by atoms with Gasteiger partial charge in [0.1, 0.15) is 0 Å². The van der Waals surface area contributed by atoms with E-state index in [0.717, 1.165) is 11.3 Å². The number of nitrogens with zero attached hydrogens (tertiary/aromatic N) is 2. The van der Waals surface area contributed by atoms with Crippen molar-refractivity contribution in [3.63, 3.8) is 0 Å². The van der Waals surface area contributed by atoms with Crippen molar-refractivity contribution in [2.24, 2.45) is 0 Å². The monoisotopic (exact) mass is 311 g/mol. The molecule has 6 nitrogen and oxygen atoms in total. The smallest absolute Gasteiger partial charge is 0.305 e. The van der Waals surface area contributed by atoms with Gasteiger partial charge in [-0.1, -0.05) is 24.3 Å². The van der Waals surface area contributed by atoms with Crippen molar-refractivity contribution in [2.45, 2.75) is 18.9 Å². The van der Waals surface area contributed by atoms with Crippen LogP contribution in [-0.4, -0.2) is 33.5 Å². The molecular formula is C17H17N3O3. The van der Waals surface area contributed by atoms with E-state index in [1.54, 1.807) is 23.3 Å². The number of nitrogens with one attached hydrogen (secondary N) is 1. The summed E-state index contributed by atoms with van der Waals surface area (Å²) in [5.41, 5.74) is 4.98. The largest absolute Gasteiger partial charge is 0.481 e. The molecule has 0 aliphatic carbocycles. The van der Waals surface area contributed by atoms with Gasteiger partial charge in [0.05, 0.1) is 12.5 Å². The van der Waals surface area contributed by atoms with Crippen LogP contribution in [0, 0.1) is 0 Å². The first-order valence-corrected chi connectivity index (χ1v) is 7.43. The molecule has 3 rings (SSSR count). The van der Waals surface area contributed by atoms with Crippen LogP contribution in [-0.2, 0) is 11.2 Å². The Hall–Kier alpha value is -2.73. The molecular weight excluding hydrogens is 294 g/mol. The number of hydrogen-bond donors (Lipinski definition) is 2.